The average molecular weight is 463 g/mol. The van der Waals surface area contributed by atoms with Gasteiger partial charge < -0.3 is 15.6 Å². The molecule has 5 N–H and O–H groups in total. The Hall–Kier alpha value is -4.08. The molecule has 168 valence electrons. The first-order chi connectivity index (χ1) is 16.0. The molecule has 0 saturated heterocycles. The lowest BCUT2D eigenvalue weighted by atomic mass is 10.2. The van der Waals surface area contributed by atoms with Crippen molar-refractivity contribution in [2.24, 2.45) is 11.6 Å². The lowest BCUT2D eigenvalue weighted by molar-refractivity contribution is 0.0693. The van der Waals surface area contributed by atoms with Crippen LogP contribution in [0.5, 0.6) is 5.75 Å². The van der Waals surface area contributed by atoms with Gasteiger partial charge >= 0.3 is 5.97 Å². The number of hydrazine groups is 1. The Kier molecular flexibility index (Phi) is 6.43. The van der Waals surface area contributed by atoms with Crippen molar-refractivity contribution in [2.75, 3.05) is 5.01 Å². The zero-order chi connectivity index (χ0) is 23.4. The van der Waals surface area contributed by atoms with Crippen molar-refractivity contribution >= 4 is 33.2 Å². The quantitative estimate of drug-likeness (QED) is 0.270. The Bertz CT molecular complexity index is 1360. The van der Waals surface area contributed by atoms with Crippen LogP contribution in [0.15, 0.2) is 88.8 Å². The van der Waals surface area contributed by atoms with Crippen LogP contribution in [0.2, 0.25) is 0 Å². The van der Waals surface area contributed by atoms with Gasteiger partial charge in [0.15, 0.2) is 0 Å². The molecule has 4 rings (SSSR count). The predicted molar refractivity (Wildman–Crippen MR) is 129 cm³/mol. The summed E-state index contributed by atoms with van der Waals surface area (Å²) in [4.78, 5) is 25.4. The second-order valence-electron chi connectivity index (χ2n) is 7.26. The number of carboxylic acid groups (broad SMARTS) is 1. The minimum Gasteiger partial charge on any atom is -0.482 e. The van der Waals surface area contributed by atoms with Gasteiger partial charge in [-0.1, -0.05) is 48.5 Å². The van der Waals surface area contributed by atoms with Crippen molar-refractivity contribution < 1.29 is 14.6 Å². The molecule has 8 nitrogen and oxygen atoms in total. The first-order valence-corrected chi connectivity index (χ1v) is 10.9. The summed E-state index contributed by atoms with van der Waals surface area (Å²) in [5, 5.41) is 12.9. The van der Waals surface area contributed by atoms with Crippen LogP contribution in [0.4, 0.5) is 5.69 Å². The number of carboxylic acids is 1. The second kappa shape index (κ2) is 9.60. The van der Waals surface area contributed by atoms with E-state index in [2.05, 4.69) is 0 Å². The highest BCUT2D eigenvalue weighted by atomic mass is 32.1. The Labute approximate surface area is 193 Å². The number of allylic oxidation sites excluding steroid dienone is 1. The fourth-order valence-electron chi connectivity index (χ4n) is 3.44. The van der Waals surface area contributed by atoms with Gasteiger partial charge in [-0.2, -0.15) is 0 Å². The van der Waals surface area contributed by atoms with E-state index in [1.807, 2.05) is 60.7 Å². The number of rotatable bonds is 8. The lowest BCUT2D eigenvalue weighted by Crippen LogP contribution is -2.30. The van der Waals surface area contributed by atoms with Crippen molar-refractivity contribution in [3.63, 3.8) is 0 Å². The summed E-state index contributed by atoms with van der Waals surface area (Å²) < 4.78 is 7.60. The molecule has 0 bridgehead atoms. The molecule has 0 atom stereocenters. The van der Waals surface area contributed by atoms with Crippen molar-refractivity contribution in [3.8, 4) is 5.75 Å². The van der Waals surface area contributed by atoms with Gasteiger partial charge in [-0.15, -0.1) is 11.3 Å². The van der Waals surface area contributed by atoms with E-state index in [0.717, 1.165) is 11.3 Å². The third-order valence-electron chi connectivity index (χ3n) is 4.97. The number of carbonyl (C=O) groups is 1. The molecule has 9 heteroatoms. The molecule has 2 heterocycles. The van der Waals surface area contributed by atoms with Crippen LogP contribution in [0.25, 0.3) is 10.2 Å². The lowest BCUT2D eigenvalue weighted by Gasteiger charge is -2.17. The van der Waals surface area contributed by atoms with E-state index in [-0.39, 0.29) is 24.5 Å². The number of para-hydroxylation sites is 1. The number of nitrogens with two attached hydrogens (primary N) is 2. The maximum absolute atomic E-state index is 13.4. The summed E-state index contributed by atoms with van der Waals surface area (Å²) in [6, 6.07) is 20.1. The van der Waals surface area contributed by atoms with Crippen molar-refractivity contribution in [2.45, 2.75) is 13.2 Å². The Morgan fingerprint density at radius 3 is 2.42 bits per heavy atom. The van der Waals surface area contributed by atoms with Crippen LogP contribution in [0.3, 0.4) is 0 Å². The monoisotopic (exact) mass is 462 g/mol. The van der Waals surface area contributed by atoms with Crippen LogP contribution in [0.1, 0.15) is 15.9 Å². The van der Waals surface area contributed by atoms with E-state index in [1.165, 1.54) is 27.1 Å². The maximum Gasteiger partial charge on any atom is 0.341 e. The molecular weight excluding hydrogens is 440 g/mol. The third-order valence-corrected chi connectivity index (χ3v) is 5.89. The van der Waals surface area contributed by atoms with E-state index in [0.29, 0.717) is 15.9 Å². The number of aromatic nitrogens is 1. The third kappa shape index (κ3) is 4.74. The zero-order valence-corrected chi connectivity index (χ0v) is 18.4. The van der Waals surface area contributed by atoms with Crippen LogP contribution in [0, 0.1) is 0 Å². The second-order valence-corrected chi connectivity index (χ2v) is 8.17. The SMILES string of the molecule is N/C(=C\N(N)c1ccccc1)Cn1c(=O)c(OCc2ccccc2)c(C(=O)O)c2sccc21. The number of ether oxygens (including phenoxy) is 1. The molecule has 4 aromatic rings. The predicted octanol–water partition coefficient (Wildman–Crippen LogP) is 3.52. The molecule has 2 aromatic carbocycles. The fourth-order valence-corrected chi connectivity index (χ4v) is 4.37. The summed E-state index contributed by atoms with van der Waals surface area (Å²) in [5.41, 5.74) is 7.80. The summed E-state index contributed by atoms with van der Waals surface area (Å²) >= 11 is 1.22. The molecule has 0 spiro atoms. The van der Waals surface area contributed by atoms with E-state index in [9.17, 15) is 14.7 Å². The van der Waals surface area contributed by atoms with Crippen LogP contribution in [-0.4, -0.2) is 15.6 Å². The molecule has 0 radical (unpaired) electrons. The molecule has 33 heavy (non-hydrogen) atoms. The first kappa shape index (κ1) is 22.1. The Morgan fingerprint density at radius 1 is 1.09 bits per heavy atom. The van der Waals surface area contributed by atoms with Gasteiger partial charge in [-0.3, -0.25) is 14.4 Å². The number of fused-ring (bicyclic) bond motifs is 1. The van der Waals surface area contributed by atoms with Crippen LogP contribution < -0.4 is 26.9 Å². The van der Waals surface area contributed by atoms with Crippen molar-refractivity contribution in [3.05, 3.63) is 105 Å². The number of aromatic carboxylic acids is 1. The van der Waals surface area contributed by atoms with Gasteiger partial charge in [0.25, 0.3) is 5.56 Å². The highest BCUT2D eigenvalue weighted by molar-refractivity contribution is 7.17. The fraction of sp³-hybridized carbons (Fsp3) is 0.0833. The average Bonchev–Trinajstić information content (AvgIpc) is 3.30. The molecule has 0 aliphatic heterocycles. The molecule has 0 amide bonds. The van der Waals surface area contributed by atoms with Crippen LogP contribution >= 0.6 is 11.3 Å². The topological polar surface area (TPSA) is 124 Å². The molecular formula is C24H22N4O4S. The summed E-state index contributed by atoms with van der Waals surface area (Å²) in [5.74, 6) is 4.63. The number of hydrogen-bond acceptors (Lipinski definition) is 7. The minimum atomic E-state index is -1.23. The maximum atomic E-state index is 13.4. The largest absolute Gasteiger partial charge is 0.482 e. The van der Waals surface area contributed by atoms with E-state index < -0.39 is 11.5 Å². The summed E-state index contributed by atoms with van der Waals surface area (Å²) in [6.07, 6.45) is 1.52. The Morgan fingerprint density at radius 2 is 1.76 bits per heavy atom. The summed E-state index contributed by atoms with van der Waals surface area (Å²) in [7, 11) is 0. The van der Waals surface area contributed by atoms with Crippen molar-refractivity contribution in [1.29, 1.82) is 0 Å². The Balaban J connectivity index is 1.73. The van der Waals surface area contributed by atoms with Gasteiger partial charge in [-0.25, -0.2) is 10.6 Å². The number of benzene rings is 2. The first-order valence-electron chi connectivity index (χ1n) is 10.0. The van der Waals surface area contributed by atoms with Gasteiger partial charge in [0.2, 0.25) is 5.75 Å². The van der Waals surface area contributed by atoms with E-state index in [1.54, 1.807) is 11.4 Å². The van der Waals surface area contributed by atoms with E-state index in [4.69, 9.17) is 16.3 Å². The number of hydrogen-bond donors (Lipinski definition) is 3. The number of nitrogens with zero attached hydrogens (tertiary/aromatic N) is 2. The number of pyridine rings is 1. The molecule has 0 unspecified atom stereocenters. The zero-order valence-electron chi connectivity index (χ0n) is 17.5. The molecule has 0 aliphatic carbocycles. The van der Waals surface area contributed by atoms with Crippen LogP contribution in [-0.2, 0) is 13.2 Å². The molecule has 2 aromatic heterocycles. The van der Waals surface area contributed by atoms with Gasteiger partial charge in [0.1, 0.15) is 12.2 Å². The highest BCUT2D eigenvalue weighted by Gasteiger charge is 2.24. The van der Waals surface area contributed by atoms with Crippen molar-refractivity contribution in [1.82, 2.24) is 4.57 Å². The molecule has 0 saturated carbocycles. The smallest absolute Gasteiger partial charge is 0.341 e. The molecule has 0 fully saturated rings. The molecule has 0 aliphatic rings. The standard InChI is InChI=1S/C24H22N4O4S/c25-17(14-28(26)18-9-5-2-6-10-18)13-27-19-11-12-33-22(19)20(24(30)31)21(23(27)29)32-15-16-7-3-1-4-8-16/h1-12,14H,13,15,25-26H2,(H,30,31)/b17-14-. The van der Waals surface area contributed by atoms with Gasteiger partial charge in [0.05, 0.1) is 22.4 Å². The van der Waals surface area contributed by atoms with Gasteiger partial charge in [-0.05, 0) is 29.1 Å². The summed E-state index contributed by atoms with van der Waals surface area (Å²) in [6.45, 7) is 0.0668. The minimum absolute atomic E-state index is 0.00813. The highest BCUT2D eigenvalue weighted by Crippen LogP contribution is 2.30. The van der Waals surface area contributed by atoms with E-state index >= 15 is 0 Å². The number of thiophene rings is 1. The normalized spacial score (nSPS) is 11.5. The number of anilines is 1. The van der Waals surface area contributed by atoms with Gasteiger partial charge in [0, 0.05) is 11.9 Å².